The number of nitrogens with zero attached hydrogens (tertiary/aromatic N) is 3. The van der Waals surface area contributed by atoms with Gasteiger partial charge in [-0.2, -0.15) is 4.98 Å². The van der Waals surface area contributed by atoms with E-state index in [9.17, 15) is 5.11 Å². The Morgan fingerprint density at radius 1 is 1.33 bits per heavy atom. The summed E-state index contributed by atoms with van der Waals surface area (Å²) in [6, 6.07) is 9.02. The highest BCUT2D eigenvalue weighted by Gasteiger charge is 2.28. The van der Waals surface area contributed by atoms with Crippen molar-refractivity contribution < 1.29 is 9.63 Å². The summed E-state index contributed by atoms with van der Waals surface area (Å²) < 4.78 is 5.46. The summed E-state index contributed by atoms with van der Waals surface area (Å²) in [5.41, 5.74) is 2.83. The molecule has 0 bridgehead atoms. The molecule has 1 heterocycles. The van der Waals surface area contributed by atoms with Gasteiger partial charge in [0.1, 0.15) is 0 Å². The molecule has 1 atom stereocenters. The highest BCUT2D eigenvalue weighted by molar-refractivity contribution is 5.34. The van der Waals surface area contributed by atoms with Crippen molar-refractivity contribution in [1.29, 1.82) is 0 Å². The van der Waals surface area contributed by atoms with Crippen LogP contribution in [0.15, 0.2) is 28.8 Å². The Balaban J connectivity index is 1.74. The van der Waals surface area contributed by atoms with E-state index < -0.39 is 0 Å². The van der Waals surface area contributed by atoms with Crippen LogP contribution in [0.25, 0.3) is 0 Å². The van der Waals surface area contributed by atoms with Crippen LogP contribution in [0.3, 0.4) is 0 Å². The van der Waals surface area contributed by atoms with Crippen molar-refractivity contribution in [3.63, 3.8) is 0 Å². The van der Waals surface area contributed by atoms with E-state index in [1.54, 1.807) is 0 Å². The average molecular weight is 329 g/mol. The molecule has 5 heteroatoms. The number of aliphatic hydroxyl groups excluding tert-OH is 1. The van der Waals surface area contributed by atoms with Crippen molar-refractivity contribution in [2.24, 2.45) is 5.92 Å². The van der Waals surface area contributed by atoms with E-state index in [0.717, 1.165) is 38.1 Å². The monoisotopic (exact) mass is 329 g/mol. The summed E-state index contributed by atoms with van der Waals surface area (Å²) in [4.78, 5) is 6.91. The lowest BCUT2D eigenvalue weighted by Gasteiger charge is -2.28. The normalized spacial score (nSPS) is 17.0. The molecule has 24 heavy (non-hydrogen) atoms. The first-order valence-corrected chi connectivity index (χ1v) is 8.91. The predicted octanol–water partition coefficient (Wildman–Crippen LogP) is 3.14. The molecule has 0 fully saturated rings. The van der Waals surface area contributed by atoms with Gasteiger partial charge in [0.05, 0.1) is 6.54 Å². The van der Waals surface area contributed by atoms with Gasteiger partial charge in [0.15, 0.2) is 5.82 Å². The standard InChI is InChI=1S/C19H27N3O2/c1-14(2)12-18-20-19(24-21-18)13-22(10-5-11-23)17-9-8-15-6-3-4-7-16(15)17/h3-4,6-7,14,17,23H,5,8-13H2,1-2H3. The fraction of sp³-hybridized carbons (Fsp3) is 0.579. The highest BCUT2D eigenvalue weighted by Crippen LogP contribution is 2.36. The van der Waals surface area contributed by atoms with Crippen LogP contribution in [0.2, 0.25) is 0 Å². The molecule has 3 rings (SSSR count). The van der Waals surface area contributed by atoms with Gasteiger partial charge in [0.25, 0.3) is 0 Å². The molecule has 2 aromatic rings. The van der Waals surface area contributed by atoms with Gasteiger partial charge in [-0.25, -0.2) is 0 Å². The van der Waals surface area contributed by atoms with Crippen molar-refractivity contribution in [2.75, 3.05) is 13.2 Å². The van der Waals surface area contributed by atoms with Gasteiger partial charge in [0.2, 0.25) is 5.89 Å². The van der Waals surface area contributed by atoms with Crippen molar-refractivity contribution in [2.45, 2.75) is 52.1 Å². The van der Waals surface area contributed by atoms with Gasteiger partial charge >= 0.3 is 0 Å². The summed E-state index contributed by atoms with van der Waals surface area (Å²) >= 11 is 0. The van der Waals surface area contributed by atoms with Gasteiger partial charge < -0.3 is 9.63 Å². The van der Waals surface area contributed by atoms with Gasteiger partial charge in [-0.1, -0.05) is 43.3 Å². The van der Waals surface area contributed by atoms with E-state index in [0.29, 0.717) is 24.4 Å². The first-order chi connectivity index (χ1) is 11.7. The van der Waals surface area contributed by atoms with Crippen molar-refractivity contribution in [3.05, 3.63) is 47.1 Å². The summed E-state index contributed by atoms with van der Waals surface area (Å²) in [6.45, 7) is 5.98. The third-order valence-electron chi connectivity index (χ3n) is 4.58. The van der Waals surface area contributed by atoms with Crippen LogP contribution in [0.4, 0.5) is 0 Å². The van der Waals surface area contributed by atoms with Crippen LogP contribution in [0.5, 0.6) is 0 Å². The van der Waals surface area contributed by atoms with E-state index >= 15 is 0 Å². The Morgan fingerprint density at radius 3 is 2.96 bits per heavy atom. The van der Waals surface area contributed by atoms with Crippen LogP contribution in [0.1, 0.15) is 55.6 Å². The van der Waals surface area contributed by atoms with E-state index in [1.807, 2.05) is 0 Å². The summed E-state index contributed by atoms with van der Waals surface area (Å²) in [7, 11) is 0. The SMILES string of the molecule is CC(C)Cc1noc(CN(CCCO)C2CCc3ccccc32)n1. The van der Waals surface area contributed by atoms with Gasteiger partial charge in [-0.05, 0) is 36.3 Å². The van der Waals surface area contributed by atoms with E-state index in [4.69, 9.17) is 4.52 Å². The molecular formula is C19H27N3O2. The topological polar surface area (TPSA) is 62.4 Å². The molecule has 1 aromatic carbocycles. The lowest BCUT2D eigenvalue weighted by Crippen LogP contribution is -2.29. The number of aromatic nitrogens is 2. The Labute approximate surface area is 143 Å². The van der Waals surface area contributed by atoms with Gasteiger partial charge in [-0.15, -0.1) is 0 Å². The van der Waals surface area contributed by atoms with Crippen molar-refractivity contribution >= 4 is 0 Å². The third-order valence-corrected chi connectivity index (χ3v) is 4.58. The van der Waals surface area contributed by atoms with E-state index in [1.165, 1.54) is 11.1 Å². The number of benzene rings is 1. The second-order valence-electron chi connectivity index (χ2n) is 7.00. The Kier molecular flexibility index (Phi) is 5.63. The molecule has 1 unspecified atom stereocenters. The maximum absolute atomic E-state index is 9.24. The molecule has 0 saturated heterocycles. The number of hydrogen-bond acceptors (Lipinski definition) is 5. The second-order valence-corrected chi connectivity index (χ2v) is 7.00. The fourth-order valence-electron chi connectivity index (χ4n) is 3.51. The van der Waals surface area contributed by atoms with Crippen LogP contribution >= 0.6 is 0 Å². The lowest BCUT2D eigenvalue weighted by molar-refractivity contribution is 0.147. The van der Waals surface area contributed by atoms with Crippen molar-refractivity contribution in [1.82, 2.24) is 15.0 Å². The zero-order chi connectivity index (χ0) is 16.9. The number of aliphatic hydroxyl groups is 1. The van der Waals surface area contributed by atoms with E-state index in [-0.39, 0.29) is 6.61 Å². The first kappa shape index (κ1) is 17.1. The van der Waals surface area contributed by atoms with Gasteiger partial charge in [-0.3, -0.25) is 4.90 Å². The summed E-state index contributed by atoms with van der Waals surface area (Å²) in [5, 5.41) is 13.3. The Hall–Kier alpha value is -1.72. The van der Waals surface area contributed by atoms with E-state index in [2.05, 4.69) is 53.2 Å². The molecule has 1 N–H and O–H groups in total. The summed E-state index contributed by atoms with van der Waals surface area (Å²) in [5.74, 6) is 1.98. The minimum absolute atomic E-state index is 0.202. The van der Waals surface area contributed by atoms with Crippen LogP contribution in [-0.4, -0.2) is 33.3 Å². The number of aryl methyl sites for hydroxylation is 1. The molecule has 0 spiro atoms. The molecule has 1 aromatic heterocycles. The number of rotatable bonds is 8. The average Bonchev–Trinajstić information content (AvgIpc) is 3.17. The molecule has 130 valence electrons. The molecule has 0 saturated carbocycles. The van der Waals surface area contributed by atoms with Gasteiger partial charge in [0, 0.05) is 25.6 Å². The molecule has 0 aliphatic heterocycles. The molecular weight excluding hydrogens is 302 g/mol. The highest BCUT2D eigenvalue weighted by atomic mass is 16.5. The zero-order valence-corrected chi connectivity index (χ0v) is 14.6. The molecule has 1 aliphatic rings. The van der Waals surface area contributed by atoms with Crippen LogP contribution in [0, 0.1) is 5.92 Å². The molecule has 0 radical (unpaired) electrons. The van der Waals surface area contributed by atoms with Crippen LogP contribution in [-0.2, 0) is 19.4 Å². The first-order valence-electron chi connectivity index (χ1n) is 8.91. The second kappa shape index (κ2) is 7.90. The minimum Gasteiger partial charge on any atom is -0.396 e. The largest absolute Gasteiger partial charge is 0.396 e. The quantitative estimate of drug-likeness (QED) is 0.806. The lowest BCUT2D eigenvalue weighted by atomic mass is 10.1. The summed E-state index contributed by atoms with van der Waals surface area (Å²) in [6.07, 6.45) is 3.81. The zero-order valence-electron chi connectivity index (χ0n) is 14.6. The predicted molar refractivity (Wildman–Crippen MR) is 92.5 cm³/mol. The maximum Gasteiger partial charge on any atom is 0.240 e. The fourth-order valence-corrected chi connectivity index (χ4v) is 3.51. The van der Waals surface area contributed by atoms with Crippen molar-refractivity contribution in [3.8, 4) is 0 Å². The Morgan fingerprint density at radius 2 is 2.17 bits per heavy atom. The smallest absolute Gasteiger partial charge is 0.240 e. The Bertz CT molecular complexity index is 654. The maximum atomic E-state index is 9.24. The number of hydrogen-bond donors (Lipinski definition) is 1. The third kappa shape index (κ3) is 4.02. The molecule has 0 amide bonds. The molecule has 5 nitrogen and oxygen atoms in total. The number of fused-ring (bicyclic) bond motifs is 1. The minimum atomic E-state index is 0.202. The van der Waals surface area contributed by atoms with Crippen LogP contribution < -0.4 is 0 Å². The molecule has 1 aliphatic carbocycles.